The zero-order valence-electron chi connectivity index (χ0n) is 9.43. The molecule has 1 fully saturated rings. The molecule has 0 aromatic carbocycles. The van der Waals surface area contributed by atoms with Crippen LogP contribution in [-0.4, -0.2) is 11.6 Å². The van der Waals surface area contributed by atoms with E-state index in [1.807, 2.05) is 20.8 Å². The highest BCUT2D eigenvalue weighted by atomic mass is 16.1. The van der Waals surface area contributed by atoms with Crippen LogP contribution in [0.15, 0.2) is 0 Å². The number of Topliss-reactive ketones (excluding diaryl/α,β-unsaturated/α-hetero) is 2. The molecule has 2 unspecified atom stereocenters. The lowest BCUT2D eigenvalue weighted by Crippen LogP contribution is -2.38. The summed E-state index contributed by atoms with van der Waals surface area (Å²) in [5.41, 5.74) is -0.356. The van der Waals surface area contributed by atoms with Crippen molar-refractivity contribution in [1.29, 1.82) is 0 Å². The lowest BCUT2D eigenvalue weighted by atomic mass is 9.67. The molecule has 0 aromatic rings. The van der Waals surface area contributed by atoms with Crippen LogP contribution in [0.4, 0.5) is 0 Å². The van der Waals surface area contributed by atoms with Gasteiger partial charge in [0.1, 0.15) is 11.6 Å². The van der Waals surface area contributed by atoms with Crippen LogP contribution in [0.5, 0.6) is 0 Å². The number of carbonyl (C=O) groups is 2. The number of rotatable bonds is 3. The van der Waals surface area contributed by atoms with Crippen LogP contribution in [-0.2, 0) is 9.59 Å². The highest BCUT2D eigenvalue weighted by Crippen LogP contribution is 2.38. The molecule has 0 aromatic heterocycles. The Hall–Kier alpha value is -0.660. The van der Waals surface area contributed by atoms with Gasteiger partial charge in [-0.1, -0.05) is 27.2 Å². The second kappa shape index (κ2) is 4.24. The van der Waals surface area contributed by atoms with E-state index in [-0.39, 0.29) is 17.1 Å². The maximum Gasteiger partial charge on any atom is 0.141 e. The summed E-state index contributed by atoms with van der Waals surface area (Å²) in [6.45, 7) is 5.80. The van der Waals surface area contributed by atoms with Crippen LogP contribution in [0, 0.1) is 11.3 Å². The number of ketones is 2. The third kappa shape index (κ3) is 2.23. The van der Waals surface area contributed by atoms with Crippen molar-refractivity contribution in [2.75, 3.05) is 0 Å². The van der Waals surface area contributed by atoms with Crippen molar-refractivity contribution in [3.8, 4) is 0 Å². The van der Waals surface area contributed by atoms with Crippen LogP contribution in [0.25, 0.3) is 0 Å². The van der Waals surface area contributed by atoms with Crippen molar-refractivity contribution in [2.45, 2.75) is 52.9 Å². The van der Waals surface area contributed by atoms with Gasteiger partial charge in [-0.25, -0.2) is 0 Å². The first-order valence-electron chi connectivity index (χ1n) is 5.55. The maximum atomic E-state index is 11.9. The average molecular weight is 196 g/mol. The Morgan fingerprint density at radius 3 is 2.79 bits per heavy atom. The molecule has 1 rings (SSSR count). The van der Waals surface area contributed by atoms with E-state index in [9.17, 15) is 9.59 Å². The molecule has 0 aliphatic heterocycles. The lowest BCUT2D eigenvalue weighted by Gasteiger charge is -2.34. The Morgan fingerprint density at radius 2 is 2.21 bits per heavy atom. The Bertz CT molecular complexity index is 245. The van der Waals surface area contributed by atoms with Gasteiger partial charge in [0, 0.05) is 24.2 Å². The molecule has 0 heterocycles. The van der Waals surface area contributed by atoms with Crippen molar-refractivity contribution >= 4 is 11.6 Å². The van der Waals surface area contributed by atoms with E-state index in [1.54, 1.807) is 0 Å². The summed E-state index contributed by atoms with van der Waals surface area (Å²) in [6, 6.07) is 0. The first kappa shape index (κ1) is 11.4. The molecule has 80 valence electrons. The van der Waals surface area contributed by atoms with Crippen LogP contribution >= 0.6 is 0 Å². The second-order valence-electron chi connectivity index (χ2n) is 4.79. The minimum atomic E-state index is -0.356. The summed E-state index contributed by atoms with van der Waals surface area (Å²) in [6.07, 6.45) is 3.97. The van der Waals surface area contributed by atoms with Crippen LogP contribution in [0.2, 0.25) is 0 Å². The maximum absolute atomic E-state index is 11.9. The van der Waals surface area contributed by atoms with Gasteiger partial charge in [0.05, 0.1) is 0 Å². The Labute approximate surface area is 86.1 Å². The van der Waals surface area contributed by atoms with Crippen molar-refractivity contribution in [3.63, 3.8) is 0 Å². The molecule has 0 amide bonds. The zero-order chi connectivity index (χ0) is 10.8. The molecule has 2 nitrogen and oxygen atoms in total. The third-order valence-corrected chi connectivity index (χ3v) is 3.39. The van der Waals surface area contributed by atoms with Gasteiger partial charge in [-0.3, -0.25) is 9.59 Å². The van der Waals surface area contributed by atoms with Gasteiger partial charge in [0.25, 0.3) is 0 Å². The zero-order valence-corrected chi connectivity index (χ0v) is 9.43. The van der Waals surface area contributed by atoms with Crippen molar-refractivity contribution < 1.29 is 9.59 Å². The fourth-order valence-electron chi connectivity index (χ4n) is 2.38. The predicted molar refractivity (Wildman–Crippen MR) is 56.0 cm³/mol. The van der Waals surface area contributed by atoms with Crippen LogP contribution < -0.4 is 0 Å². The van der Waals surface area contributed by atoms with Gasteiger partial charge >= 0.3 is 0 Å². The minimum Gasteiger partial charge on any atom is -0.300 e. The Balaban J connectivity index is 2.71. The summed E-state index contributed by atoms with van der Waals surface area (Å²) in [5.74, 6) is 0.666. The molecule has 1 aliphatic carbocycles. The number of carbonyl (C=O) groups excluding carboxylic acids is 2. The molecule has 1 aliphatic rings. The molecule has 2 atom stereocenters. The summed E-state index contributed by atoms with van der Waals surface area (Å²) in [5, 5.41) is 0. The fraction of sp³-hybridized carbons (Fsp3) is 0.833. The monoisotopic (exact) mass is 196 g/mol. The number of hydrogen-bond acceptors (Lipinski definition) is 2. The molecule has 14 heavy (non-hydrogen) atoms. The molecule has 0 saturated heterocycles. The normalized spacial score (nSPS) is 33.1. The second-order valence-corrected chi connectivity index (χ2v) is 4.79. The van der Waals surface area contributed by atoms with E-state index in [1.165, 1.54) is 0 Å². The predicted octanol–water partition coefficient (Wildman–Crippen LogP) is 2.75. The van der Waals surface area contributed by atoms with E-state index < -0.39 is 0 Å². The van der Waals surface area contributed by atoms with Gasteiger partial charge < -0.3 is 0 Å². The summed E-state index contributed by atoms with van der Waals surface area (Å²) >= 11 is 0. The van der Waals surface area contributed by atoms with Gasteiger partial charge in [0.2, 0.25) is 0 Å². The quantitative estimate of drug-likeness (QED) is 0.695. The van der Waals surface area contributed by atoms with Gasteiger partial charge in [-0.2, -0.15) is 0 Å². The van der Waals surface area contributed by atoms with E-state index >= 15 is 0 Å². The molecule has 0 N–H and O–H groups in total. The average Bonchev–Trinajstić information content (AvgIpc) is 2.14. The molecular weight excluding hydrogens is 176 g/mol. The van der Waals surface area contributed by atoms with Gasteiger partial charge in [0.15, 0.2) is 0 Å². The molecular formula is C12H20O2. The molecule has 1 saturated carbocycles. The van der Waals surface area contributed by atoms with E-state index in [0.717, 1.165) is 19.3 Å². The standard InChI is InChI=1S/C12H20O2/c1-4-10(13)8-12(3)7-5-6-9(2)11(12)14/h9H,4-8H2,1-3H3. The highest BCUT2D eigenvalue weighted by molar-refractivity contribution is 5.92. The summed E-state index contributed by atoms with van der Waals surface area (Å²) in [7, 11) is 0. The van der Waals surface area contributed by atoms with Gasteiger partial charge in [-0.15, -0.1) is 0 Å². The van der Waals surface area contributed by atoms with E-state index in [2.05, 4.69) is 0 Å². The molecule has 0 spiro atoms. The van der Waals surface area contributed by atoms with Crippen molar-refractivity contribution in [1.82, 2.24) is 0 Å². The lowest BCUT2D eigenvalue weighted by molar-refractivity contribution is -0.138. The Morgan fingerprint density at radius 1 is 1.57 bits per heavy atom. The first-order chi connectivity index (χ1) is 6.49. The first-order valence-corrected chi connectivity index (χ1v) is 5.55. The van der Waals surface area contributed by atoms with E-state index in [0.29, 0.717) is 18.6 Å². The smallest absolute Gasteiger partial charge is 0.141 e. The fourth-order valence-corrected chi connectivity index (χ4v) is 2.38. The van der Waals surface area contributed by atoms with Crippen molar-refractivity contribution in [3.05, 3.63) is 0 Å². The molecule has 2 heteroatoms. The van der Waals surface area contributed by atoms with Crippen LogP contribution in [0.1, 0.15) is 52.9 Å². The van der Waals surface area contributed by atoms with Crippen molar-refractivity contribution in [2.24, 2.45) is 11.3 Å². The Kier molecular flexibility index (Phi) is 3.46. The topological polar surface area (TPSA) is 34.1 Å². The number of hydrogen-bond donors (Lipinski definition) is 0. The summed E-state index contributed by atoms with van der Waals surface area (Å²) in [4.78, 5) is 23.3. The SMILES string of the molecule is CCC(=O)CC1(C)CCCC(C)C1=O. The van der Waals surface area contributed by atoms with Gasteiger partial charge in [-0.05, 0) is 12.8 Å². The molecule has 0 radical (unpaired) electrons. The third-order valence-electron chi connectivity index (χ3n) is 3.39. The highest BCUT2D eigenvalue weighted by Gasteiger charge is 2.39. The molecule has 0 bridgehead atoms. The summed E-state index contributed by atoms with van der Waals surface area (Å²) < 4.78 is 0. The van der Waals surface area contributed by atoms with E-state index in [4.69, 9.17) is 0 Å². The largest absolute Gasteiger partial charge is 0.300 e. The van der Waals surface area contributed by atoms with Crippen LogP contribution in [0.3, 0.4) is 0 Å². The minimum absolute atomic E-state index is 0.151.